The van der Waals surface area contributed by atoms with Gasteiger partial charge in [-0.1, -0.05) is 53.0 Å². The average molecular weight is 437 g/mol. The van der Waals surface area contributed by atoms with Gasteiger partial charge >= 0.3 is 0 Å². The van der Waals surface area contributed by atoms with Crippen molar-refractivity contribution in [3.05, 3.63) is 68.7 Å². The molecule has 1 saturated heterocycles. The van der Waals surface area contributed by atoms with Crippen molar-refractivity contribution < 1.29 is 9.59 Å². The fraction of sp³-hybridized carbons (Fsp3) is 0.364. The van der Waals surface area contributed by atoms with Crippen LogP contribution in [0.2, 0.25) is 15.1 Å². The first-order valence-electron chi connectivity index (χ1n) is 9.35. The van der Waals surface area contributed by atoms with Gasteiger partial charge in [-0.3, -0.25) is 4.79 Å². The number of halogens is 3. The standard InChI is InChI=1S/C22H20Cl3NO2/c1-12-20-19(13-2-4-14(23)5-3-13)17(16-7-6-15(24)10-18(16)25)8-9-22(20,11-27)21(28)26-12/h2-7,10-12,17,19-20H,8-9H2,1H3,(H,26,28)/t12-,17+,19+,20+,22+/m1/s1. The maximum absolute atomic E-state index is 12.8. The van der Waals surface area contributed by atoms with Crippen LogP contribution in [0, 0.1) is 11.3 Å². The first kappa shape index (κ1) is 19.8. The molecule has 1 aliphatic heterocycles. The van der Waals surface area contributed by atoms with Crippen LogP contribution in [0.15, 0.2) is 42.5 Å². The molecule has 2 fully saturated rings. The monoisotopic (exact) mass is 435 g/mol. The number of rotatable bonds is 3. The van der Waals surface area contributed by atoms with Gasteiger partial charge in [-0.25, -0.2) is 0 Å². The van der Waals surface area contributed by atoms with Crippen LogP contribution in [0.5, 0.6) is 0 Å². The van der Waals surface area contributed by atoms with Gasteiger partial charge in [-0.2, -0.15) is 0 Å². The second kappa shape index (κ2) is 7.37. The van der Waals surface area contributed by atoms with E-state index < -0.39 is 5.41 Å². The summed E-state index contributed by atoms with van der Waals surface area (Å²) in [7, 11) is 0. The third-order valence-corrected chi connectivity index (χ3v) is 7.25. The van der Waals surface area contributed by atoms with Gasteiger partial charge in [0.15, 0.2) is 0 Å². The quantitative estimate of drug-likeness (QED) is 0.501. The molecule has 1 amide bonds. The minimum absolute atomic E-state index is 0.0520. The summed E-state index contributed by atoms with van der Waals surface area (Å²) in [6.07, 6.45) is 2.05. The second-order valence-electron chi connectivity index (χ2n) is 7.83. The minimum Gasteiger partial charge on any atom is -0.352 e. The Kier molecular flexibility index (Phi) is 5.20. The van der Waals surface area contributed by atoms with Crippen LogP contribution in [0.1, 0.15) is 42.7 Å². The van der Waals surface area contributed by atoms with Crippen molar-refractivity contribution in [2.45, 2.75) is 37.6 Å². The smallest absolute Gasteiger partial charge is 0.234 e. The van der Waals surface area contributed by atoms with E-state index in [2.05, 4.69) is 5.32 Å². The Bertz CT molecular complexity index is 930. The molecule has 0 bridgehead atoms. The maximum atomic E-state index is 12.8. The van der Waals surface area contributed by atoms with Gasteiger partial charge in [0.1, 0.15) is 11.7 Å². The van der Waals surface area contributed by atoms with Gasteiger partial charge in [-0.05, 0) is 67.0 Å². The number of amides is 1. The van der Waals surface area contributed by atoms with Crippen molar-refractivity contribution in [2.75, 3.05) is 0 Å². The fourth-order valence-corrected chi connectivity index (χ4v) is 5.91. The van der Waals surface area contributed by atoms with Crippen molar-refractivity contribution in [1.29, 1.82) is 0 Å². The lowest BCUT2D eigenvalue weighted by molar-refractivity contribution is -0.137. The average Bonchev–Trinajstić information content (AvgIpc) is 2.93. The Morgan fingerprint density at radius 1 is 1.07 bits per heavy atom. The molecule has 1 heterocycles. The summed E-state index contributed by atoms with van der Waals surface area (Å²) in [4.78, 5) is 24.9. The number of carbonyl (C=O) groups excluding carboxylic acids is 2. The lowest BCUT2D eigenvalue weighted by Crippen LogP contribution is -2.45. The minimum atomic E-state index is -1.00. The largest absolute Gasteiger partial charge is 0.352 e. The number of carbonyl (C=O) groups is 2. The molecule has 1 saturated carbocycles. The lowest BCUT2D eigenvalue weighted by atomic mass is 9.55. The van der Waals surface area contributed by atoms with Crippen LogP contribution < -0.4 is 5.32 Å². The Morgan fingerprint density at radius 3 is 2.39 bits per heavy atom. The van der Waals surface area contributed by atoms with Crippen LogP contribution >= 0.6 is 34.8 Å². The summed E-state index contributed by atoms with van der Waals surface area (Å²) < 4.78 is 0. The zero-order valence-electron chi connectivity index (χ0n) is 15.3. The fourth-order valence-electron chi connectivity index (χ4n) is 5.23. The van der Waals surface area contributed by atoms with Crippen molar-refractivity contribution in [3.8, 4) is 0 Å². The summed E-state index contributed by atoms with van der Waals surface area (Å²) in [6, 6.07) is 13.1. The molecule has 0 unspecified atom stereocenters. The highest BCUT2D eigenvalue weighted by Crippen LogP contribution is 2.58. The maximum Gasteiger partial charge on any atom is 0.234 e. The van der Waals surface area contributed by atoms with Gasteiger partial charge in [0.2, 0.25) is 5.91 Å². The number of hydrogen-bond donors (Lipinski definition) is 1. The van der Waals surface area contributed by atoms with E-state index >= 15 is 0 Å². The highest BCUT2D eigenvalue weighted by Gasteiger charge is 2.60. The first-order valence-corrected chi connectivity index (χ1v) is 10.5. The van der Waals surface area contributed by atoms with E-state index in [0.717, 1.165) is 17.4 Å². The number of hydrogen-bond acceptors (Lipinski definition) is 2. The molecule has 1 aliphatic carbocycles. The zero-order valence-corrected chi connectivity index (χ0v) is 17.6. The van der Waals surface area contributed by atoms with E-state index in [0.29, 0.717) is 27.9 Å². The van der Waals surface area contributed by atoms with Crippen LogP contribution in [0.4, 0.5) is 0 Å². The molecule has 28 heavy (non-hydrogen) atoms. The Morgan fingerprint density at radius 2 is 1.75 bits per heavy atom. The normalized spacial score (nSPS) is 31.9. The molecular formula is C22H20Cl3NO2. The van der Waals surface area contributed by atoms with Crippen LogP contribution in [0.3, 0.4) is 0 Å². The molecule has 2 aromatic rings. The highest BCUT2D eigenvalue weighted by molar-refractivity contribution is 6.35. The zero-order chi connectivity index (χ0) is 20.1. The Balaban J connectivity index is 1.88. The van der Waals surface area contributed by atoms with Gasteiger partial charge in [0, 0.05) is 27.0 Å². The van der Waals surface area contributed by atoms with Crippen molar-refractivity contribution in [3.63, 3.8) is 0 Å². The van der Waals surface area contributed by atoms with E-state index in [1.165, 1.54) is 0 Å². The molecule has 5 atom stereocenters. The van der Waals surface area contributed by atoms with Crippen molar-refractivity contribution in [1.82, 2.24) is 5.32 Å². The predicted molar refractivity (Wildman–Crippen MR) is 112 cm³/mol. The van der Waals surface area contributed by atoms with E-state index in [-0.39, 0.29) is 29.7 Å². The van der Waals surface area contributed by atoms with E-state index in [1.807, 2.05) is 43.3 Å². The molecule has 3 nitrogen and oxygen atoms in total. The molecule has 0 aromatic heterocycles. The third-order valence-electron chi connectivity index (χ3n) is 6.43. The molecule has 0 radical (unpaired) electrons. The number of nitrogens with one attached hydrogen (secondary N) is 1. The van der Waals surface area contributed by atoms with E-state index in [9.17, 15) is 9.59 Å². The summed E-state index contributed by atoms with van der Waals surface area (Å²) in [5, 5.41) is 4.85. The van der Waals surface area contributed by atoms with Crippen LogP contribution in [-0.4, -0.2) is 18.2 Å². The summed E-state index contributed by atoms with van der Waals surface area (Å²) in [6.45, 7) is 1.97. The summed E-state index contributed by atoms with van der Waals surface area (Å²) in [5.41, 5.74) is 1.05. The first-order chi connectivity index (χ1) is 13.4. The molecule has 6 heteroatoms. The third kappa shape index (κ3) is 3.04. The lowest BCUT2D eigenvalue weighted by Gasteiger charge is -2.45. The van der Waals surface area contributed by atoms with Gasteiger partial charge in [0.05, 0.1) is 0 Å². The molecule has 2 aromatic carbocycles. The molecule has 146 valence electrons. The topological polar surface area (TPSA) is 46.2 Å². The second-order valence-corrected chi connectivity index (χ2v) is 9.11. The molecular weight excluding hydrogens is 417 g/mol. The Hall–Kier alpha value is -1.55. The molecule has 4 rings (SSSR count). The highest BCUT2D eigenvalue weighted by atomic mass is 35.5. The molecule has 1 N–H and O–H groups in total. The van der Waals surface area contributed by atoms with Crippen LogP contribution in [-0.2, 0) is 9.59 Å². The number of benzene rings is 2. The SMILES string of the molecule is C[C@H]1NC(=O)[C@]2(C=O)CC[C@@H](c3ccc(Cl)cc3Cl)[C@H](c3ccc(Cl)cc3)[C@H]12. The summed E-state index contributed by atoms with van der Waals surface area (Å²) in [5.74, 6) is -0.313. The van der Waals surface area contributed by atoms with Gasteiger partial charge < -0.3 is 10.1 Å². The Labute approximate surface area is 179 Å². The molecule has 0 spiro atoms. The van der Waals surface area contributed by atoms with E-state index in [1.54, 1.807) is 6.07 Å². The number of aldehydes is 1. The van der Waals surface area contributed by atoms with Crippen LogP contribution in [0.25, 0.3) is 0 Å². The van der Waals surface area contributed by atoms with E-state index in [4.69, 9.17) is 34.8 Å². The molecule has 2 aliphatic rings. The van der Waals surface area contributed by atoms with Crippen molar-refractivity contribution >= 4 is 47.0 Å². The predicted octanol–water partition coefficient (Wildman–Crippen LogP) is 5.63. The summed E-state index contributed by atoms with van der Waals surface area (Å²) >= 11 is 18.8. The van der Waals surface area contributed by atoms with Crippen molar-refractivity contribution in [2.24, 2.45) is 11.3 Å². The van der Waals surface area contributed by atoms with Gasteiger partial charge in [0.25, 0.3) is 0 Å². The number of fused-ring (bicyclic) bond motifs is 1. The van der Waals surface area contributed by atoms with Gasteiger partial charge in [-0.15, -0.1) is 0 Å².